The van der Waals surface area contributed by atoms with Gasteiger partial charge in [-0.05, 0) is 24.1 Å². The topological polar surface area (TPSA) is 99.0 Å². The Labute approximate surface area is 115 Å². The van der Waals surface area contributed by atoms with Crippen LogP contribution in [0.25, 0.3) is 0 Å². The number of hydrogen-bond acceptors (Lipinski definition) is 4. The van der Waals surface area contributed by atoms with Gasteiger partial charge >= 0.3 is 0 Å². The van der Waals surface area contributed by atoms with Crippen molar-refractivity contribution in [2.45, 2.75) is 6.42 Å². The maximum absolute atomic E-state index is 13.7. The minimum Gasteiger partial charge on any atom is -0.398 e. The summed E-state index contributed by atoms with van der Waals surface area (Å²) in [5.74, 6) is -1.20. The Morgan fingerprint density at radius 3 is 2.85 bits per heavy atom. The van der Waals surface area contributed by atoms with Gasteiger partial charge in [0.25, 0.3) is 5.91 Å². The van der Waals surface area contributed by atoms with E-state index in [0.717, 1.165) is 11.6 Å². The van der Waals surface area contributed by atoms with E-state index in [1.807, 2.05) is 13.2 Å². The number of anilines is 2. The molecule has 0 fully saturated rings. The average molecular weight is 277 g/mol. The highest BCUT2D eigenvalue weighted by Crippen LogP contribution is 2.21. The van der Waals surface area contributed by atoms with E-state index >= 15 is 0 Å². The second kappa shape index (κ2) is 5.60. The Bertz CT molecular complexity index is 638. The van der Waals surface area contributed by atoms with E-state index in [1.165, 1.54) is 6.07 Å². The molecule has 0 aliphatic rings. The van der Waals surface area contributed by atoms with E-state index < -0.39 is 11.7 Å². The Balaban J connectivity index is 2.05. The van der Waals surface area contributed by atoms with Crippen LogP contribution < -0.4 is 16.8 Å². The second-order valence-corrected chi connectivity index (χ2v) is 4.48. The third-order valence-corrected chi connectivity index (χ3v) is 2.89. The molecule has 106 valence electrons. The lowest BCUT2D eigenvalue weighted by Gasteiger charge is -2.10. The SMILES string of the molecule is Cn1cc(CCNc2cc(C(N)=O)c(N)cc2F)cn1. The predicted octanol–water partition coefficient (Wildman–Crippen LogP) is 0.895. The Morgan fingerprint density at radius 1 is 1.50 bits per heavy atom. The fraction of sp³-hybridized carbons (Fsp3) is 0.231. The van der Waals surface area contributed by atoms with Gasteiger partial charge in [0.15, 0.2) is 0 Å². The predicted molar refractivity (Wildman–Crippen MR) is 74.7 cm³/mol. The van der Waals surface area contributed by atoms with Gasteiger partial charge in [0.05, 0.1) is 17.4 Å². The summed E-state index contributed by atoms with van der Waals surface area (Å²) in [7, 11) is 1.83. The molecule has 7 heteroatoms. The third kappa shape index (κ3) is 3.05. The molecule has 0 radical (unpaired) electrons. The zero-order chi connectivity index (χ0) is 14.7. The molecule has 2 aromatic rings. The van der Waals surface area contributed by atoms with Crippen molar-refractivity contribution in [1.82, 2.24) is 9.78 Å². The quantitative estimate of drug-likeness (QED) is 0.707. The molecule has 20 heavy (non-hydrogen) atoms. The summed E-state index contributed by atoms with van der Waals surface area (Å²) in [6.07, 6.45) is 4.31. The van der Waals surface area contributed by atoms with Crippen LogP contribution in [0.1, 0.15) is 15.9 Å². The Morgan fingerprint density at radius 2 is 2.25 bits per heavy atom. The number of nitrogens with two attached hydrogens (primary N) is 2. The number of nitrogens with zero attached hydrogens (tertiary/aromatic N) is 2. The van der Waals surface area contributed by atoms with Gasteiger partial charge in [-0.3, -0.25) is 9.48 Å². The lowest BCUT2D eigenvalue weighted by molar-refractivity contribution is 0.100. The monoisotopic (exact) mass is 277 g/mol. The molecule has 2 rings (SSSR count). The first-order valence-electron chi connectivity index (χ1n) is 6.07. The first kappa shape index (κ1) is 13.9. The zero-order valence-electron chi connectivity index (χ0n) is 11.1. The molecule has 0 spiro atoms. The second-order valence-electron chi connectivity index (χ2n) is 4.48. The van der Waals surface area contributed by atoms with Crippen molar-refractivity contribution in [1.29, 1.82) is 0 Å². The molecular weight excluding hydrogens is 261 g/mol. The largest absolute Gasteiger partial charge is 0.398 e. The number of aromatic nitrogens is 2. The van der Waals surface area contributed by atoms with Gasteiger partial charge in [-0.2, -0.15) is 5.10 Å². The lowest BCUT2D eigenvalue weighted by atomic mass is 10.1. The zero-order valence-corrected chi connectivity index (χ0v) is 11.1. The first-order valence-corrected chi connectivity index (χ1v) is 6.07. The number of aryl methyl sites for hydroxylation is 1. The van der Waals surface area contributed by atoms with Gasteiger partial charge in [0.2, 0.25) is 0 Å². The van der Waals surface area contributed by atoms with Crippen LogP contribution in [0.5, 0.6) is 0 Å². The van der Waals surface area contributed by atoms with Crippen molar-refractivity contribution >= 4 is 17.3 Å². The fourth-order valence-electron chi connectivity index (χ4n) is 1.88. The number of hydrogen-bond donors (Lipinski definition) is 3. The van der Waals surface area contributed by atoms with Crippen LogP contribution in [0.3, 0.4) is 0 Å². The average Bonchev–Trinajstić information content (AvgIpc) is 2.77. The van der Waals surface area contributed by atoms with Crippen molar-refractivity contribution in [2.75, 3.05) is 17.6 Å². The van der Waals surface area contributed by atoms with E-state index in [4.69, 9.17) is 11.5 Å². The smallest absolute Gasteiger partial charge is 0.250 e. The van der Waals surface area contributed by atoms with E-state index in [9.17, 15) is 9.18 Å². The molecule has 1 heterocycles. The van der Waals surface area contributed by atoms with Crippen molar-refractivity contribution in [3.05, 3.63) is 41.5 Å². The summed E-state index contributed by atoms with van der Waals surface area (Å²) < 4.78 is 15.4. The number of nitrogens with one attached hydrogen (secondary N) is 1. The molecule has 0 aliphatic heterocycles. The normalized spacial score (nSPS) is 10.5. The molecule has 0 unspecified atom stereocenters. The van der Waals surface area contributed by atoms with Crippen LogP contribution in [0, 0.1) is 5.82 Å². The highest BCUT2D eigenvalue weighted by atomic mass is 19.1. The third-order valence-electron chi connectivity index (χ3n) is 2.89. The van der Waals surface area contributed by atoms with E-state index in [1.54, 1.807) is 10.9 Å². The standard InChI is InChI=1S/C13H16FN5O/c1-19-7-8(6-18-19)2-3-17-12-4-9(13(16)20)11(15)5-10(12)14/h4-7,17H,2-3,15H2,1H3,(H2,16,20). The number of rotatable bonds is 5. The van der Waals surface area contributed by atoms with Crippen molar-refractivity contribution in [3.63, 3.8) is 0 Å². The van der Waals surface area contributed by atoms with Crippen molar-refractivity contribution < 1.29 is 9.18 Å². The molecule has 1 aromatic heterocycles. The summed E-state index contributed by atoms with van der Waals surface area (Å²) in [6.45, 7) is 0.505. The number of benzene rings is 1. The Kier molecular flexibility index (Phi) is 3.88. The highest BCUT2D eigenvalue weighted by molar-refractivity contribution is 5.99. The Hall–Kier alpha value is -2.57. The molecule has 5 N–H and O–H groups in total. The molecule has 1 amide bonds. The molecule has 6 nitrogen and oxygen atoms in total. The van der Waals surface area contributed by atoms with Gasteiger partial charge in [-0.1, -0.05) is 0 Å². The number of carbonyl (C=O) groups is 1. The van der Waals surface area contributed by atoms with E-state index in [0.29, 0.717) is 13.0 Å². The van der Waals surface area contributed by atoms with Gasteiger partial charge in [0.1, 0.15) is 5.82 Å². The molecule has 1 aromatic carbocycles. The van der Waals surface area contributed by atoms with Crippen LogP contribution in [-0.2, 0) is 13.5 Å². The molecule has 0 aliphatic carbocycles. The lowest BCUT2D eigenvalue weighted by Crippen LogP contribution is -2.15. The fourth-order valence-corrected chi connectivity index (χ4v) is 1.88. The van der Waals surface area contributed by atoms with Gasteiger partial charge in [0, 0.05) is 25.5 Å². The number of halogens is 1. The minimum atomic E-state index is -0.683. The summed E-state index contributed by atoms with van der Waals surface area (Å²) in [6, 6.07) is 2.42. The number of carbonyl (C=O) groups excluding carboxylic acids is 1. The molecule has 0 saturated carbocycles. The van der Waals surface area contributed by atoms with Crippen molar-refractivity contribution in [3.8, 4) is 0 Å². The van der Waals surface area contributed by atoms with E-state index in [2.05, 4.69) is 10.4 Å². The number of nitrogen functional groups attached to an aromatic ring is 1. The maximum atomic E-state index is 13.7. The van der Waals surface area contributed by atoms with Crippen LogP contribution in [0.2, 0.25) is 0 Å². The summed E-state index contributed by atoms with van der Waals surface area (Å²) in [5, 5.41) is 6.96. The van der Waals surface area contributed by atoms with Crippen LogP contribution in [-0.4, -0.2) is 22.2 Å². The van der Waals surface area contributed by atoms with Crippen LogP contribution in [0.4, 0.5) is 15.8 Å². The molecule has 0 saturated heterocycles. The number of primary amides is 1. The molecule has 0 bridgehead atoms. The van der Waals surface area contributed by atoms with Crippen molar-refractivity contribution in [2.24, 2.45) is 12.8 Å². The van der Waals surface area contributed by atoms with Gasteiger partial charge < -0.3 is 16.8 Å². The summed E-state index contributed by atoms with van der Waals surface area (Å²) >= 11 is 0. The van der Waals surface area contributed by atoms with E-state index in [-0.39, 0.29) is 16.9 Å². The number of amides is 1. The van der Waals surface area contributed by atoms with Gasteiger partial charge in [-0.15, -0.1) is 0 Å². The molecular formula is C13H16FN5O. The first-order chi connectivity index (χ1) is 9.47. The summed E-state index contributed by atoms with van der Waals surface area (Å²) in [5.41, 5.74) is 12.1. The summed E-state index contributed by atoms with van der Waals surface area (Å²) in [4.78, 5) is 11.2. The minimum absolute atomic E-state index is 0.0350. The van der Waals surface area contributed by atoms with Gasteiger partial charge in [-0.25, -0.2) is 4.39 Å². The maximum Gasteiger partial charge on any atom is 0.250 e. The highest BCUT2D eigenvalue weighted by Gasteiger charge is 2.11. The van der Waals surface area contributed by atoms with Crippen LogP contribution in [0.15, 0.2) is 24.5 Å². The molecule has 0 atom stereocenters. The van der Waals surface area contributed by atoms with Crippen LogP contribution >= 0.6 is 0 Å².